The number of carbonyl (C=O) groups excluding carboxylic acids is 2. The summed E-state index contributed by atoms with van der Waals surface area (Å²) in [7, 11) is 0. The lowest BCUT2D eigenvalue weighted by Gasteiger charge is -2.53. The second-order valence-electron chi connectivity index (χ2n) is 13.4. The molecular weight excluding hydrogens is 492 g/mol. The molecule has 5 aliphatic rings. The standard InChI is InChI=1S/C31H46N4O4/c1-22(17-23-5-4-6-23)28(37)34-14-11-31(39,30(20-34)9-2-3-10-30)21-35-19-26(25(18-27(35)36)24-7-8-24)29(38)33-15-12-32-13-16-33/h18-19,22-24,32,39H,2-17,20-21H2,1H3/t22?,31-/m1/s1. The Labute approximate surface area is 232 Å². The maximum atomic E-state index is 13.6. The number of hydrogen-bond acceptors (Lipinski definition) is 5. The summed E-state index contributed by atoms with van der Waals surface area (Å²) in [4.78, 5) is 44.3. The van der Waals surface area contributed by atoms with E-state index < -0.39 is 11.0 Å². The Morgan fingerprint density at radius 1 is 1.03 bits per heavy atom. The Bertz CT molecular complexity index is 1140. The fourth-order valence-corrected chi connectivity index (χ4v) is 7.87. The normalized spacial score (nSPS) is 27.9. The van der Waals surface area contributed by atoms with Crippen molar-refractivity contribution in [1.29, 1.82) is 0 Å². The third kappa shape index (κ3) is 5.19. The Morgan fingerprint density at radius 2 is 1.74 bits per heavy atom. The van der Waals surface area contributed by atoms with Crippen LogP contribution in [0.4, 0.5) is 0 Å². The van der Waals surface area contributed by atoms with Crippen molar-refractivity contribution in [2.45, 2.75) is 95.6 Å². The van der Waals surface area contributed by atoms with Gasteiger partial charge in [0, 0.05) is 62.9 Å². The number of amides is 2. The zero-order chi connectivity index (χ0) is 27.2. The van der Waals surface area contributed by atoms with E-state index in [1.54, 1.807) is 16.8 Å². The highest BCUT2D eigenvalue weighted by Gasteiger charge is 2.56. The topological polar surface area (TPSA) is 94.9 Å². The molecule has 1 aromatic heterocycles. The lowest BCUT2D eigenvalue weighted by Crippen LogP contribution is -2.62. The van der Waals surface area contributed by atoms with Gasteiger partial charge in [-0.15, -0.1) is 0 Å². The zero-order valence-corrected chi connectivity index (χ0v) is 23.6. The Morgan fingerprint density at radius 3 is 2.38 bits per heavy atom. The molecule has 2 aliphatic heterocycles. The Kier molecular flexibility index (Phi) is 7.38. The van der Waals surface area contributed by atoms with Crippen LogP contribution in [0, 0.1) is 17.3 Å². The average Bonchev–Trinajstić information content (AvgIpc) is 3.66. The van der Waals surface area contributed by atoms with Crippen molar-refractivity contribution >= 4 is 11.8 Å². The second-order valence-corrected chi connectivity index (χ2v) is 13.4. The number of nitrogens with one attached hydrogen (secondary N) is 1. The summed E-state index contributed by atoms with van der Waals surface area (Å²) in [5.41, 5.74) is -0.127. The van der Waals surface area contributed by atoms with Gasteiger partial charge in [-0.2, -0.15) is 0 Å². The summed E-state index contributed by atoms with van der Waals surface area (Å²) in [6.45, 7) is 6.23. The molecule has 2 atom stereocenters. The minimum absolute atomic E-state index is 0.00409. The molecule has 1 unspecified atom stereocenters. The number of piperidine rings is 1. The number of aliphatic hydroxyl groups is 1. The number of pyridine rings is 1. The van der Waals surface area contributed by atoms with Crippen LogP contribution >= 0.6 is 0 Å². The van der Waals surface area contributed by atoms with Crippen LogP contribution in [0.2, 0.25) is 0 Å². The number of nitrogens with zero attached hydrogens (tertiary/aromatic N) is 3. The summed E-state index contributed by atoms with van der Waals surface area (Å²) in [5, 5.41) is 15.6. The van der Waals surface area contributed by atoms with E-state index in [9.17, 15) is 19.5 Å². The zero-order valence-electron chi connectivity index (χ0n) is 23.6. The number of carbonyl (C=O) groups is 2. The molecule has 2 N–H and O–H groups in total. The number of rotatable bonds is 7. The van der Waals surface area contributed by atoms with Crippen molar-refractivity contribution in [3.05, 3.63) is 33.7 Å². The van der Waals surface area contributed by atoms with Crippen molar-refractivity contribution in [3.8, 4) is 0 Å². The third-order valence-corrected chi connectivity index (χ3v) is 10.7. The van der Waals surface area contributed by atoms with Gasteiger partial charge < -0.3 is 24.8 Å². The van der Waals surface area contributed by atoms with Gasteiger partial charge in [-0.3, -0.25) is 14.4 Å². The Hall–Kier alpha value is -2.19. The van der Waals surface area contributed by atoms with Crippen LogP contribution in [0.15, 0.2) is 17.1 Å². The van der Waals surface area contributed by atoms with E-state index in [4.69, 9.17) is 0 Å². The average molecular weight is 539 g/mol. The van der Waals surface area contributed by atoms with E-state index in [2.05, 4.69) is 12.2 Å². The maximum Gasteiger partial charge on any atom is 0.255 e. The highest BCUT2D eigenvalue weighted by atomic mass is 16.3. The van der Waals surface area contributed by atoms with E-state index in [1.165, 1.54) is 19.3 Å². The van der Waals surface area contributed by atoms with Crippen LogP contribution in [-0.4, -0.2) is 76.2 Å². The van der Waals surface area contributed by atoms with Gasteiger partial charge in [-0.05, 0) is 55.9 Å². The van der Waals surface area contributed by atoms with Crippen molar-refractivity contribution in [2.24, 2.45) is 17.3 Å². The molecule has 6 rings (SSSR count). The fourth-order valence-electron chi connectivity index (χ4n) is 7.87. The smallest absolute Gasteiger partial charge is 0.255 e. The van der Waals surface area contributed by atoms with Crippen LogP contribution in [0.5, 0.6) is 0 Å². The minimum atomic E-state index is -1.09. The van der Waals surface area contributed by atoms with E-state index in [0.29, 0.717) is 44.1 Å². The SMILES string of the molecule is CC(CC1CCC1)C(=O)N1CC[C@@](O)(Cn2cc(C(=O)N3CCNCC3)c(C3CC3)cc2=O)C2(CCCC2)C1. The van der Waals surface area contributed by atoms with Crippen LogP contribution in [-0.2, 0) is 11.3 Å². The van der Waals surface area contributed by atoms with Gasteiger partial charge in [0.1, 0.15) is 0 Å². The number of aromatic nitrogens is 1. The van der Waals surface area contributed by atoms with Gasteiger partial charge in [-0.25, -0.2) is 0 Å². The molecular formula is C31H46N4O4. The van der Waals surface area contributed by atoms with E-state index in [1.807, 2.05) is 9.80 Å². The molecule has 8 heteroatoms. The Balaban J connectivity index is 1.25. The molecule has 1 aromatic rings. The number of hydrogen-bond donors (Lipinski definition) is 2. The molecule has 214 valence electrons. The molecule has 3 saturated carbocycles. The lowest BCUT2D eigenvalue weighted by atomic mass is 9.65. The van der Waals surface area contributed by atoms with Crippen LogP contribution < -0.4 is 10.9 Å². The number of piperazine rings is 1. The lowest BCUT2D eigenvalue weighted by molar-refractivity contribution is -0.163. The van der Waals surface area contributed by atoms with E-state index >= 15 is 0 Å². The first-order valence-corrected chi connectivity index (χ1v) is 15.5. The molecule has 0 bridgehead atoms. The molecule has 3 heterocycles. The quantitative estimate of drug-likeness (QED) is 0.556. The van der Waals surface area contributed by atoms with Crippen molar-refractivity contribution in [2.75, 3.05) is 39.3 Å². The molecule has 8 nitrogen and oxygen atoms in total. The monoisotopic (exact) mass is 538 g/mol. The first-order valence-electron chi connectivity index (χ1n) is 15.5. The molecule has 3 aliphatic carbocycles. The predicted octanol–water partition coefficient (Wildman–Crippen LogP) is 3.12. The predicted molar refractivity (Wildman–Crippen MR) is 150 cm³/mol. The summed E-state index contributed by atoms with van der Waals surface area (Å²) in [6, 6.07) is 1.67. The third-order valence-electron chi connectivity index (χ3n) is 10.7. The van der Waals surface area contributed by atoms with Crippen LogP contribution in [0.1, 0.15) is 99.4 Å². The van der Waals surface area contributed by atoms with Gasteiger partial charge in [0.05, 0.1) is 17.7 Å². The maximum absolute atomic E-state index is 13.6. The highest BCUT2D eigenvalue weighted by molar-refractivity contribution is 5.95. The van der Waals surface area contributed by atoms with Gasteiger partial charge >= 0.3 is 0 Å². The number of likely N-dealkylation sites (tertiary alicyclic amines) is 1. The van der Waals surface area contributed by atoms with E-state index in [-0.39, 0.29) is 35.8 Å². The minimum Gasteiger partial charge on any atom is -0.387 e. The fraction of sp³-hybridized carbons (Fsp3) is 0.774. The van der Waals surface area contributed by atoms with Gasteiger partial charge in [0.15, 0.2) is 0 Å². The molecule has 2 saturated heterocycles. The highest BCUT2D eigenvalue weighted by Crippen LogP contribution is 2.52. The molecule has 39 heavy (non-hydrogen) atoms. The first kappa shape index (κ1) is 27.0. The molecule has 0 aromatic carbocycles. The van der Waals surface area contributed by atoms with Crippen LogP contribution in [0.25, 0.3) is 0 Å². The van der Waals surface area contributed by atoms with Gasteiger partial charge in [0.25, 0.3) is 11.5 Å². The molecule has 5 fully saturated rings. The summed E-state index contributed by atoms with van der Waals surface area (Å²) in [5.74, 6) is 1.22. The van der Waals surface area contributed by atoms with Crippen molar-refractivity contribution in [1.82, 2.24) is 19.7 Å². The van der Waals surface area contributed by atoms with E-state index in [0.717, 1.165) is 63.6 Å². The summed E-state index contributed by atoms with van der Waals surface area (Å²) < 4.78 is 1.61. The van der Waals surface area contributed by atoms with Crippen molar-refractivity contribution in [3.63, 3.8) is 0 Å². The second kappa shape index (κ2) is 10.7. The first-order chi connectivity index (χ1) is 18.8. The van der Waals surface area contributed by atoms with Gasteiger partial charge in [-0.1, -0.05) is 39.0 Å². The largest absolute Gasteiger partial charge is 0.387 e. The molecule has 0 radical (unpaired) electrons. The van der Waals surface area contributed by atoms with Gasteiger partial charge in [0.2, 0.25) is 5.91 Å². The van der Waals surface area contributed by atoms with Crippen LogP contribution in [0.3, 0.4) is 0 Å². The molecule has 2 amide bonds. The van der Waals surface area contributed by atoms with Crippen molar-refractivity contribution < 1.29 is 14.7 Å². The summed E-state index contributed by atoms with van der Waals surface area (Å²) in [6.07, 6.45) is 12.8. The molecule has 1 spiro atoms. The summed E-state index contributed by atoms with van der Waals surface area (Å²) >= 11 is 0.